The molecule has 3 N–H and O–H groups in total. The lowest BCUT2D eigenvalue weighted by Gasteiger charge is -2.28. The largest absolute Gasteiger partial charge is 0.513 e. The number of rotatable bonds is 15. The van der Waals surface area contributed by atoms with Crippen LogP contribution in [0.25, 0.3) is 0 Å². The van der Waals surface area contributed by atoms with E-state index in [4.69, 9.17) is 29.4 Å². The quantitative estimate of drug-likeness (QED) is 0.142. The molecule has 208 valence electrons. The van der Waals surface area contributed by atoms with Gasteiger partial charge in [-0.3, -0.25) is 9.59 Å². The van der Waals surface area contributed by atoms with Crippen LogP contribution in [-0.2, 0) is 30.2 Å². The number of carboxylic acids is 1. The van der Waals surface area contributed by atoms with Crippen molar-refractivity contribution in [3.8, 4) is 11.5 Å². The van der Waals surface area contributed by atoms with Gasteiger partial charge in [0.1, 0.15) is 11.6 Å². The number of carboxylic acid groups (broad SMARTS) is 1. The number of unbranched alkanes of at least 4 members (excludes halogenated alkanes) is 2. The van der Waals surface area contributed by atoms with E-state index in [0.29, 0.717) is 18.4 Å². The lowest BCUT2D eigenvalue weighted by Crippen LogP contribution is -2.52. The first-order valence-corrected chi connectivity index (χ1v) is 12.5. The Hall–Kier alpha value is -3.34. The average molecular weight is 526 g/mol. The predicted molar refractivity (Wildman–Crippen MR) is 133 cm³/mol. The first kappa shape index (κ1) is 31.7. The second-order valence-electron chi connectivity index (χ2n) is 9.13. The molecule has 11 nitrogen and oxygen atoms in total. The minimum absolute atomic E-state index is 0.116. The SMILES string of the molecule is CCCCOC(=O)Oc1ccc(C[C@](N)(C[C@H](C)OC(=O)C(C)C)C(=O)O)cc1OC(=O)OCCCC. The van der Waals surface area contributed by atoms with Crippen molar-refractivity contribution in [2.24, 2.45) is 11.7 Å². The average Bonchev–Trinajstić information content (AvgIpc) is 2.80. The highest BCUT2D eigenvalue weighted by molar-refractivity contribution is 5.79. The Kier molecular flexibility index (Phi) is 13.4. The minimum atomic E-state index is -1.81. The molecule has 37 heavy (non-hydrogen) atoms. The lowest BCUT2D eigenvalue weighted by molar-refractivity contribution is -0.156. The summed E-state index contributed by atoms with van der Waals surface area (Å²) in [4.78, 5) is 48.2. The highest BCUT2D eigenvalue weighted by Gasteiger charge is 2.37. The molecule has 0 radical (unpaired) electrons. The van der Waals surface area contributed by atoms with E-state index in [1.165, 1.54) is 18.2 Å². The highest BCUT2D eigenvalue weighted by Crippen LogP contribution is 2.31. The Morgan fingerprint density at radius 2 is 1.46 bits per heavy atom. The minimum Gasteiger partial charge on any atom is -0.480 e. The van der Waals surface area contributed by atoms with Gasteiger partial charge in [0.05, 0.1) is 19.1 Å². The standard InChI is InChI=1S/C26H39NO10/c1-6-8-12-33-24(31)36-20-11-10-19(14-21(20)37-25(32)34-13-9-7-2)16-26(27,23(29)30)15-18(5)35-22(28)17(3)4/h10-11,14,17-18H,6-9,12-13,15-16,27H2,1-5H3,(H,29,30)/t18-,26+/m0/s1. The fourth-order valence-corrected chi connectivity index (χ4v) is 3.15. The van der Waals surface area contributed by atoms with E-state index < -0.39 is 35.9 Å². The van der Waals surface area contributed by atoms with E-state index >= 15 is 0 Å². The molecule has 2 atom stereocenters. The molecule has 0 saturated carbocycles. The van der Waals surface area contributed by atoms with E-state index in [1.807, 2.05) is 13.8 Å². The van der Waals surface area contributed by atoms with E-state index in [9.17, 15) is 24.3 Å². The Balaban J connectivity index is 3.14. The number of ether oxygens (including phenoxy) is 5. The lowest BCUT2D eigenvalue weighted by atomic mass is 9.86. The van der Waals surface area contributed by atoms with Gasteiger partial charge in [-0.1, -0.05) is 46.6 Å². The number of hydrogen-bond donors (Lipinski definition) is 2. The summed E-state index contributed by atoms with van der Waals surface area (Å²) in [5.74, 6) is -2.43. The first-order valence-electron chi connectivity index (χ1n) is 12.5. The summed E-state index contributed by atoms with van der Waals surface area (Å²) in [6.07, 6.45) is -0.214. The van der Waals surface area contributed by atoms with Gasteiger partial charge in [0.25, 0.3) is 0 Å². The molecule has 0 aliphatic heterocycles. The second-order valence-corrected chi connectivity index (χ2v) is 9.13. The number of carbonyl (C=O) groups excluding carboxylic acids is 3. The Bertz CT molecular complexity index is 917. The van der Waals surface area contributed by atoms with Crippen molar-refractivity contribution in [3.63, 3.8) is 0 Å². The van der Waals surface area contributed by atoms with Crippen molar-refractivity contribution < 1.29 is 48.0 Å². The van der Waals surface area contributed by atoms with Gasteiger partial charge >= 0.3 is 24.2 Å². The molecular weight excluding hydrogens is 486 g/mol. The van der Waals surface area contributed by atoms with Crippen LogP contribution in [0.3, 0.4) is 0 Å². The number of nitrogens with two attached hydrogens (primary N) is 1. The van der Waals surface area contributed by atoms with Crippen molar-refractivity contribution in [2.75, 3.05) is 13.2 Å². The van der Waals surface area contributed by atoms with Crippen molar-refractivity contribution in [3.05, 3.63) is 23.8 Å². The van der Waals surface area contributed by atoms with Crippen LogP contribution in [0, 0.1) is 5.92 Å². The molecule has 0 unspecified atom stereocenters. The van der Waals surface area contributed by atoms with E-state index in [1.54, 1.807) is 20.8 Å². The fraction of sp³-hybridized carbons (Fsp3) is 0.615. The van der Waals surface area contributed by atoms with E-state index in [-0.39, 0.29) is 43.5 Å². The number of esters is 1. The molecule has 0 amide bonds. The molecule has 11 heteroatoms. The maximum atomic E-state index is 12.2. The molecular formula is C26H39NO10. The van der Waals surface area contributed by atoms with Gasteiger partial charge in [0, 0.05) is 12.8 Å². The first-order chi connectivity index (χ1) is 17.4. The predicted octanol–water partition coefficient (Wildman–Crippen LogP) is 4.62. The van der Waals surface area contributed by atoms with Crippen LogP contribution in [0.5, 0.6) is 11.5 Å². The second kappa shape index (κ2) is 15.7. The maximum Gasteiger partial charge on any atom is 0.513 e. The molecule has 0 aliphatic carbocycles. The summed E-state index contributed by atoms with van der Waals surface area (Å²) >= 11 is 0. The molecule has 1 aromatic rings. The fourth-order valence-electron chi connectivity index (χ4n) is 3.15. The normalized spacial score (nSPS) is 13.3. The Morgan fingerprint density at radius 3 is 1.95 bits per heavy atom. The van der Waals surface area contributed by atoms with Gasteiger partial charge in [0.2, 0.25) is 0 Å². The molecule has 0 aromatic heterocycles. The molecule has 1 rings (SSSR count). The Morgan fingerprint density at radius 1 is 0.919 bits per heavy atom. The van der Waals surface area contributed by atoms with Crippen LogP contribution in [0.4, 0.5) is 9.59 Å². The molecule has 0 bridgehead atoms. The topological polar surface area (TPSA) is 161 Å². The van der Waals surface area contributed by atoms with Crippen molar-refractivity contribution in [2.45, 2.75) is 84.8 Å². The third-order valence-electron chi connectivity index (χ3n) is 5.22. The Labute approximate surface area is 217 Å². The summed E-state index contributed by atoms with van der Waals surface area (Å²) < 4.78 is 25.7. The van der Waals surface area contributed by atoms with Crippen LogP contribution in [-0.4, -0.2) is 54.2 Å². The molecule has 0 fully saturated rings. The van der Waals surface area contributed by atoms with Crippen LogP contribution in [0.15, 0.2) is 18.2 Å². The van der Waals surface area contributed by atoms with Gasteiger partial charge in [-0.05, 0) is 37.5 Å². The summed E-state index contributed by atoms with van der Waals surface area (Å²) in [6, 6.07) is 4.17. The molecule has 0 aliphatic rings. The number of hydrogen-bond acceptors (Lipinski definition) is 10. The third kappa shape index (κ3) is 11.5. The number of carbonyl (C=O) groups is 4. The summed E-state index contributed by atoms with van der Waals surface area (Å²) in [5.41, 5.74) is 4.78. The zero-order valence-corrected chi connectivity index (χ0v) is 22.2. The van der Waals surface area contributed by atoms with E-state index in [0.717, 1.165) is 12.8 Å². The molecule has 0 spiro atoms. The van der Waals surface area contributed by atoms with E-state index in [2.05, 4.69) is 0 Å². The van der Waals surface area contributed by atoms with Crippen LogP contribution in [0.2, 0.25) is 0 Å². The molecule has 1 aromatic carbocycles. The maximum absolute atomic E-state index is 12.2. The zero-order valence-electron chi connectivity index (χ0n) is 22.2. The molecule has 0 saturated heterocycles. The van der Waals surface area contributed by atoms with Crippen molar-refractivity contribution in [1.29, 1.82) is 0 Å². The third-order valence-corrected chi connectivity index (χ3v) is 5.22. The van der Waals surface area contributed by atoms with Gasteiger partial charge in [-0.25, -0.2) is 9.59 Å². The van der Waals surface area contributed by atoms with Crippen LogP contribution < -0.4 is 15.2 Å². The van der Waals surface area contributed by atoms with Crippen LogP contribution >= 0.6 is 0 Å². The van der Waals surface area contributed by atoms with Gasteiger partial charge in [-0.2, -0.15) is 0 Å². The van der Waals surface area contributed by atoms with Crippen LogP contribution in [0.1, 0.15) is 72.3 Å². The number of benzene rings is 1. The van der Waals surface area contributed by atoms with Crippen molar-refractivity contribution >= 4 is 24.2 Å². The van der Waals surface area contributed by atoms with Gasteiger partial charge in [-0.15, -0.1) is 0 Å². The monoisotopic (exact) mass is 525 g/mol. The summed E-state index contributed by atoms with van der Waals surface area (Å²) in [6.45, 7) is 9.07. The summed E-state index contributed by atoms with van der Waals surface area (Å²) in [5, 5.41) is 9.84. The van der Waals surface area contributed by atoms with Crippen molar-refractivity contribution in [1.82, 2.24) is 0 Å². The zero-order chi connectivity index (χ0) is 28.0. The number of aliphatic carboxylic acids is 1. The summed E-state index contributed by atoms with van der Waals surface area (Å²) in [7, 11) is 0. The van der Waals surface area contributed by atoms with Gasteiger partial charge in [0.15, 0.2) is 11.5 Å². The molecule has 0 heterocycles. The highest BCUT2D eigenvalue weighted by atomic mass is 16.7. The van der Waals surface area contributed by atoms with Gasteiger partial charge < -0.3 is 34.5 Å². The smallest absolute Gasteiger partial charge is 0.480 e.